The quantitative estimate of drug-likeness (QED) is 0.464. The fraction of sp³-hybridized carbons (Fsp3) is 0.0800. The minimum atomic E-state index is -0.930. The van der Waals surface area contributed by atoms with E-state index in [-0.39, 0.29) is 18.2 Å². The molecule has 0 radical (unpaired) electrons. The zero-order valence-corrected chi connectivity index (χ0v) is 17.6. The third-order valence-corrected chi connectivity index (χ3v) is 5.49. The molecule has 5 rings (SSSR count). The Morgan fingerprint density at radius 2 is 1.69 bits per heavy atom. The molecule has 1 aromatic heterocycles. The fourth-order valence-corrected chi connectivity index (χ4v) is 3.76. The van der Waals surface area contributed by atoms with Crippen LogP contribution in [-0.4, -0.2) is 27.7 Å². The Labute approximate surface area is 189 Å². The van der Waals surface area contributed by atoms with E-state index in [2.05, 4.69) is 10.4 Å². The monoisotopic (exact) mass is 443 g/mol. The molecule has 7 heteroatoms. The molecule has 1 aliphatic heterocycles. The van der Waals surface area contributed by atoms with Crippen molar-refractivity contribution in [1.29, 1.82) is 0 Å². The van der Waals surface area contributed by atoms with E-state index < -0.39 is 6.10 Å². The van der Waals surface area contributed by atoms with Gasteiger partial charge in [0.2, 0.25) is 0 Å². The Morgan fingerprint density at radius 1 is 0.969 bits per heavy atom. The molecular formula is C25H18ClN3O3. The highest BCUT2D eigenvalue weighted by Gasteiger charge is 2.30. The number of carbonyl (C=O) groups excluding carboxylic acids is 2. The largest absolute Gasteiger partial charge is 0.478 e. The van der Waals surface area contributed by atoms with Crippen molar-refractivity contribution in [2.75, 3.05) is 5.32 Å². The number of benzene rings is 3. The maximum Gasteiger partial charge on any atom is 0.266 e. The Morgan fingerprint density at radius 3 is 2.47 bits per heavy atom. The first-order chi connectivity index (χ1) is 15.6. The van der Waals surface area contributed by atoms with Gasteiger partial charge in [0, 0.05) is 22.3 Å². The summed E-state index contributed by atoms with van der Waals surface area (Å²) < 4.78 is 7.05. The van der Waals surface area contributed by atoms with E-state index in [1.807, 2.05) is 48.5 Å². The lowest BCUT2D eigenvalue weighted by Crippen LogP contribution is -2.39. The second-order valence-corrected chi connectivity index (χ2v) is 7.84. The number of hydrogen-bond donors (Lipinski definition) is 1. The number of carbonyl (C=O) groups is 2. The molecule has 1 atom stereocenters. The van der Waals surface area contributed by atoms with E-state index in [1.165, 1.54) is 4.68 Å². The SMILES string of the molecule is O=C1Nc2ccccc2OC1CC(=O)n1cc(-c2ccc(Cl)cc2)c(-c2ccccc2)n1. The molecule has 6 nitrogen and oxygen atoms in total. The molecule has 1 N–H and O–H groups in total. The molecule has 1 unspecified atom stereocenters. The van der Waals surface area contributed by atoms with Crippen LogP contribution in [0.2, 0.25) is 5.02 Å². The average Bonchev–Trinajstić information content (AvgIpc) is 3.26. The summed E-state index contributed by atoms with van der Waals surface area (Å²) in [4.78, 5) is 25.5. The Balaban J connectivity index is 1.46. The zero-order chi connectivity index (χ0) is 22.1. The van der Waals surface area contributed by atoms with Gasteiger partial charge in [-0.25, -0.2) is 4.68 Å². The molecule has 1 aliphatic rings. The summed E-state index contributed by atoms with van der Waals surface area (Å²) in [6.45, 7) is 0. The summed E-state index contributed by atoms with van der Waals surface area (Å²) in [6, 6.07) is 24.1. The van der Waals surface area contributed by atoms with E-state index >= 15 is 0 Å². The fourth-order valence-electron chi connectivity index (χ4n) is 3.63. The van der Waals surface area contributed by atoms with Crippen molar-refractivity contribution in [3.63, 3.8) is 0 Å². The standard InChI is InChI=1S/C25H18ClN3O3/c26-18-12-10-16(11-13-18)19-15-29(28-24(19)17-6-2-1-3-7-17)23(30)14-22-25(31)27-20-8-4-5-9-21(20)32-22/h1-13,15,22H,14H2,(H,27,31). The van der Waals surface area contributed by atoms with Crippen LogP contribution in [0.4, 0.5) is 5.69 Å². The van der Waals surface area contributed by atoms with Crippen LogP contribution in [-0.2, 0) is 4.79 Å². The van der Waals surface area contributed by atoms with Gasteiger partial charge in [-0.15, -0.1) is 0 Å². The highest BCUT2D eigenvalue weighted by molar-refractivity contribution is 6.30. The molecule has 0 fully saturated rings. The van der Waals surface area contributed by atoms with E-state index in [0.717, 1.165) is 16.7 Å². The molecule has 0 aliphatic carbocycles. The van der Waals surface area contributed by atoms with Crippen molar-refractivity contribution in [2.24, 2.45) is 0 Å². The molecule has 4 aromatic rings. The van der Waals surface area contributed by atoms with E-state index in [0.29, 0.717) is 22.2 Å². The maximum atomic E-state index is 13.1. The second-order valence-electron chi connectivity index (χ2n) is 7.40. The average molecular weight is 444 g/mol. The van der Waals surface area contributed by atoms with Crippen LogP contribution < -0.4 is 10.1 Å². The van der Waals surface area contributed by atoms with E-state index in [4.69, 9.17) is 16.3 Å². The summed E-state index contributed by atoms with van der Waals surface area (Å²) in [7, 11) is 0. The van der Waals surface area contributed by atoms with Crippen LogP contribution in [0.15, 0.2) is 85.1 Å². The number of nitrogens with one attached hydrogen (secondary N) is 1. The predicted octanol–water partition coefficient (Wildman–Crippen LogP) is 5.30. The van der Waals surface area contributed by atoms with Gasteiger partial charge in [0.25, 0.3) is 11.8 Å². The third kappa shape index (κ3) is 3.88. The summed E-state index contributed by atoms with van der Waals surface area (Å²) in [5.74, 6) is -0.162. The number of ether oxygens (including phenoxy) is 1. The first kappa shape index (κ1) is 20.0. The van der Waals surface area contributed by atoms with Gasteiger partial charge in [0.1, 0.15) is 11.4 Å². The number of amides is 1. The van der Waals surface area contributed by atoms with Gasteiger partial charge in [0.05, 0.1) is 12.1 Å². The smallest absolute Gasteiger partial charge is 0.266 e. The third-order valence-electron chi connectivity index (χ3n) is 5.24. The van der Waals surface area contributed by atoms with Crippen molar-refractivity contribution in [2.45, 2.75) is 12.5 Å². The van der Waals surface area contributed by atoms with Crippen molar-refractivity contribution in [3.8, 4) is 28.1 Å². The minimum Gasteiger partial charge on any atom is -0.478 e. The van der Waals surface area contributed by atoms with Crippen LogP contribution in [0.3, 0.4) is 0 Å². The molecule has 3 aromatic carbocycles. The van der Waals surface area contributed by atoms with Gasteiger partial charge in [-0.05, 0) is 29.8 Å². The predicted molar refractivity (Wildman–Crippen MR) is 123 cm³/mol. The van der Waals surface area contributed by atoms with Crippen molar-refractivity contribution >= 4 is 29.1 Å². The summed E-state index contributed by atoms with van der Waals surface area (Å²) in [5.41, 5.74) is 3.82. The van der Waals surface area contributed by atoms with Gasteiger partial charge in [0.15, 0.2) is 6.10 Å². The molecule has 2 heterocycles. The zero-order valence-electron chi connectivity index (χ0n) is 16.9. The van der Waals surface area contributed by atoms with Gasteiger partial charge >= 0.3 is 0 Å². The second kappa shape index (κ2) is 8.32. The normalized spacial score (nSPS) is 14.9. The van der Waals surface area contributed by atoms with Gasteiger partial charge in [-0.3, -0.25) is 9.59 Å². The van der Waals surface area contributed by atoms with Crippen LogP contribution in [0.5, 0.6) is 5.75 Å². The highest BCUT2D eigenvalue weighted by Crippen LogP contribution is 2.33. The van der Waals surface area contributed by atoms with Crippen LogP contribution in [0, 0.1) is 0 Å². The highest BCUT2D eigenvalue weighted by atomic mass is 35.5. The van der Waals surface area contributed by atoms with Crippen molar-refractivity contribution < 1.29 is 14.3 Å². The van der Waals surface area contributed by atoms with Crippen LogP contribution in [0.1, 0.15) is 11.2 Å². The molecule has 0 saturated heterocycles. The molecule has 1 amide bonds. The Bertz CT molecular complexity index is 1300. The minimum absolute atomic E-state index is 0.143. The molecule has 32 heavy (non-hydrogen) atoms. The number of nitrogens with zero attached hydrogens (tertiary/aromatic N) is 2. The topological polar surface area (TPSA) is 73.2 Å². The number of aromatic nitrogens is 2. The van der Waals surface area contributed by atoms with Crippen LogP contribution >= 0.6 is 11.6 Å². The van der Waals surface area contributed by atoms with Crippen LogP contribution in [0.25, 0.3) is 22.4 Å². The number of anilines is 1. The first-order valence-corrected chi connectivity index (χ1v) is 10.5. The molecule has 0 bridgehead atoms. The molecule has 0 spiro atoms. The van der Waals surface area contributed by atoms with Gasteiger partial charge < -0.3 is 10.1 Å². The maximum absolute atomic E-state index is 13.1. The van der Waals surface area contributed by atoms with Crippen molar-refractivity contribution in [1.82, 2.24) is 9.78 Å². The summed E-state index contributed by atoms with van der Waals surface area (Å²) in [5, 5.41) is 7.97. The number of halogens is 1. The lowest BCUT2D eigenvalue weighted by atomic mass is 10.0. The number of rotatable bonds is 4. The van der Waals surface area contributed by atoms with E-state index in [1.54, 1.807) is 36.5 Å². The van der Waals surface area contributed by atoms with Gasteiger partial charge in [-0.1, -0.05) is 66.2 Å². The van der Waals surface area contributed by atoms with Crippen molar-refractivity contribution in [3.05, 3.63) is 90.1 Å². The molecular weight excluding hydrogens is 426 g/mol. The Hall–Kier alpha value is -3.90. The molecule has 158 valence electrons. The molecule has 0 saturated carbocycles. The lowest BCUT2D eigenvalue weighted by molar-refractivity contribution is -0.123. The number of hydrogen-bond acceptors (Lipinski definition) is 4. The van der Waals surface area contributed by atoms with Gasteiger partial charge in [-0.2, -0.15) is 5.10 Å². The van der Waals surface area contributed by atoms with E-state index in [9.17, 15) is 9.59 Å². The number of para-hydroxylation sites is 2. The summed E-state index contributed by atoms with van der Waals surface area (Å²) in [6.07, 6.45) is 0.611. The Kier molecular flexibility index (Phi) is 5.21. The lowest BCUT2D eigenvalue weighted by Gasteiger charge is -2.25. The number of fused-ring (bicyclic) bond motifs is 1. The summed E-state index contributed by atoms with van der Waals surface area (Å²) >= 11 is 6.04. The first-order valence-electron chi connectivity index (χ1n) is 10.1.